The van der Waals surface area contributed by atoms with E-state index in [4.69, 9.17) is 5.26 Å². The second-order valence-corrected chi connectivity index (χ2v) is 5.11. The summed E-state index contributed by atoms with van der Waals surface area (Å²) in [6.45, 7) is 0. The Kier molecular flexibility index (Phi) is 2.51. The first kappa shape index (κ1) is 10.8. The molecule has 0 atom stereocenters. The zero-order valence-electron chi connectivity index (χ0n) is 9.42. The van der Waals surface area contributed by atoms with Crippen molar-refractivity contribution < 1.29 is 5.11 Å². The molecule has 18 heavy (non-hydrogen) atoms. The van der Waals surface area contributed by atoms with Gasteiger partial charge in [-0.3, -0.25) is 0 Å². The van der Waals surface area contributed by atoms with Crippen molar-refractivity contribution in [2.45, 2.75) is 0 Å². The molecule has 0 amide bonds. The van der Waals surface area contributed by atoms with Gasteiger partial charge in [-0.15, -0.1) is 11.3 Å². The molecule has 0 spiro atoms. The Bertz CT molecular complexity index is 735. The highest BCUT2D eigenvalue weighted by atomic mass is 32.1. The van der Waals surface area contributed by atoms with E-state index >= 15 is 0 Å². The molecule has 0 bridgehead atoms. The highest BCUT2D eigenvalue weighted by Crippen LogP contribution is 2.35. The molecule has 86 valence electrons. The first-order valence-electron chi connectivity index (χ1n) is 5.49. The fourth-order valence-corrected chi connectivity index (χ4v) is 2.99. The summed E-state index contributed by atoms with van der Waals surface area (Å²) in [5.41, 5.74) is 1.36. The number of phenolic OH excluding ortho intramolecular Hbond substituents is 1. The van der Waals surface area contributed by atoms with Crippen LogP contribution in [0.1, 0.15) is 5.56 Å². The molecule has 0 aliphatic carbocycles. The molecule has 0 aliphatic heterocycles. The molecule has 3 heteroatoms. The van der Waals surface area contributed by atoms with E-state index in [0.29, 0.717) is 5.56 Å². The molecular formula is C15H9NOS. The van der Waals surface area contributed by atoms with Gasteiger partial charge in [-0.25, -0.2) is 0 Å². The van der Waals surface area contributed by atoms with Crippen LogP contribution in [0.15, 0.2) is 48.5 Å². The Morgan fingerprint density at radius 1 is 1.06 bits per heavy atom. The van der Waals surface area contributed by atoms with Crippen LogP contribution in [0.4, 0.5) is 0 Å². The Labute approximate surface area is 108 Å². The lowest BCUT2D eigenvalue weighted by Gasteiger charge is -1.99. The summed E-state index contributed by atoms with van der Waals surface area (Å²) in [5, 5.41) is 19.7. The summed E-state index contributed by atoms with van der Waals surface area (Å²) in [4.78, 5) is 1.06. The van der Waals surface area contributed by atoms with Gasteiger partial charge in [-0.2, -0.15) is 5.26 Å². The normalized spacial score (nSPS) is 10.4. The van der Waals surface area contributed by atoms with Gasteiger partial charge in [0.15, 0.2) is 0 Å². The number of thiophene rings is 1. The lowest BCUT2D eigenvalue weighted by atomic mass is 10.1. The van der Waals surface area contributed by atoms with Gasteiger partial charge in [-0.05, 0) is 41.3 Å². The zero-order chi connectivity index (χ0) is 12.5. The predicted octanol–water partition coefficient (Wildman–Crippen LogP) is 4.15. The maximum Gasteiger partial charge on any atom is 0.117 e. The smallest absolute Gasteiger partial charge is 0.117 e. The molecule has 0 aliphatic rings. The van der Waals surface area contributed by atoms with E-state index in [1.165, 1.54) is 16.2 Å². The highest BCUT2D eigenvalue weighted by Gasteiger charge is 2.06. The van der Waals surface area contributed by atoms with Crippen LogP contribution in [0.3, 0.4) is 0 Å². The van der Waals surface area contributed by atoms with Gasteiger partial charge in [0.05, 0.1) is 11.6 Å². The first-order valence-corrected chi connectivity index (χ1v) is 6.31. The standard InChI is InChI=1S/C15H9NOS/c16-9-10-5-12(7-13(17)6-10)15-8-11-3-1-2-4-14(11)18-15/h1-8,17H. The Hall–Kier alpha value is -2.31. The topological polar surface area (TPSA) is 44.0 Å². The third kappa shape index (κ3) is 1.83. The number of nitriles is 1. The van der Waals surface area contributed by atoms with Crippen molar-refractivity contribution in [2.75, 3.05) is 0 Å². The second-order valence-electron chi connectivity index (χ2n) is 4.03. The van der Waals surface area contributed by atoms with Gasteiger partial charge in [0.2, 0.25) is 0 Å². The van der Waals surface area contributed by atoms with Crippen molar-refractivity contribution >= 4 is 21.4 Å². The van der Waals surface area contributed by atoms with Crippen LogP contribution in [0.25, 0.3) is 20.5 Å². The number of hydrogen-bond donors (Lipinski definition) is 1. The summed E-state index contributed by atoms with van der Waals surface area (Å²) in [6.07, 6.45) is 0. The summed E-state index contributed by atoms with van der Waals surface area (Å²) in [7, 11) is 0. The lowest BCUT2D eigenvalue weighted by molar-refractivity contribution is 0.475. The molecule has 3 rings (SSSR count). The van der Waals surface area contributed by atoms with Crippen LogP contribution in [-0.2, 0) is 0 Å². The molecule has 0 fully saturated rings. The van der Waals surface area contributed by atoms with Gasteiger partial charge in [0, 0.05) is 9.58 Å². The molecular weight excluding hydrogens is 242 g/mol. The van der Waals surface area contributed by atoms with E-state index in [-0.39, 0.29) is 5.75 Å². The van der Waals surface area contributed by atoms with E-state index in [1.807, 2.05) is 12.1 Å². The van der Waals surface area contributed by atoms with Crippen molar-refractivity contribution in [3.8, 4) is 22.3 Å². The van der Waals surface area contributed by atoms with E-state index in [0.717, 1.165) is 10.4 Å². The fraction of sp³-hybridized carbons (Fsp3) is 0. The minimum Gasteiger partial charge on any atom is -0.508 e. The molecule has 0 unspecified atom stereocenters. The number of hydrogen-bond acceptors (Lipinski definition) is 3. The number of phenols is 1. The number of rotatable bonds is 1. The summed E-state index contributed by atoms with van der Waals surface area (Å²) in [5.74, 6) is 0.126. The van der Waals surface area contributed by atoms with E-state index < -0.39 is 0 Å². The fourth-order valence-electron chi connectivity index (χ4n) is 1.94. The minimum atomic E-state index is 0.126. The van der Waals surface area contributed by atoms with Crippen LogP contribution in [0, 0.1) is 11.3 Å². The Morgan fingerprint density at radius 3 is 2.67 bits per heavy atom. The summed E-state index contributed by atoms with van der Waals surface area (Å²) >= 11 is 1.66. The second kappa shape index (κ2) is 4.17. The number of nitrogens with zero attached hydrogens (tertiary/aromatic N) is 1. The first-order chi connectivity index (χ1) is 8.76. The van der Waals surface area contributed by atoms with Crippen molar-refractivity contribution in [3.05, 3.63) is 54.1 Å². The predicted molar refractivity (Wildman–Crippen MR) is 73.6 cm³/mol. The molecule has 1 aromatic heterocycles. The molecule has 1 N–H and O–H groups in total. The van der Waals surface area contributed by atoms with Gasteiger partial charge < -0.3 is 5.11 Å². The average Bonchev–Trinajstić information content (AvgIpc) is 2.81. The van der Waals surface area contributed by atoms with Crippen LogP contribution >= 0.6 is 11.3 Å². The third-order valence-corrected chi connectivity index (χ3v) is 3.92. The summed E-state index contributed by atoms with van der Waals surface area (Å²) < 4.78 is 1.20. The van der Waals surface area contributed by atoms with Crippen molar-refractivity contribution in [3.63, 3.8) is 0 Å². The molecule has 0 saturated heterocycles. The molecule has 1 heterocycles. The van der Waals surface area contributed by atoms with Gasteiger partial charge >= 0.3 is 0 Å². The highest BCUT2D eigenvalue weighted by molar-refractivity contribution is 7.22. The van der Waals surface area contributed by atoms with Crippen LogP contribution < -0.4 is 0 Å². The van der Waals surface area contributed by atoms with E-state index in [1.54, 1.807) is 23.5 Å². The van der Waals surface area contributed by atoms with Gasteiger partial charge in [-0.1, -0.05) is 18.2 Å². The number of fused-ring (bicyclic) bond motifs is 1. The van der Waals surface area contributed by atoms with Gasteiger partial charge in [0.1, 0.15) is 5.75 Å². The quantitative estimate of drug-likeness (QED) is 0.706. The largest absolute Gasteiger partial charge is 0.508 e. The molecule has 0 saturated carbocycles. The molecule has 0 radical (unpaired) electrons. The maximum atomic E-state index is 9.61. The molecule has 3 aromatic rings. The lowest BCUT2D eigenvalue weighted by Crippen LogP contribution is -1.77. The molecule has 2 aromatic carbocycles. The third-order valence-electron chi connectivity index (χ3n) is 2.76. The summed E-state index contributed by atoms with van der Waals surface area (Å²) in [6, 6.07) is 17.2. The SMILES string of the molecule is N#Cc1cc(O)cc(-c2cc3ccccc3s2)c1. The van der Waals surface area contributed by atoms with E-state index in [2.05, 4.69) is 24.3 Å². The maximum absolute atomic E-state index is 9.61. The minimum absolute atomic E-state index is 0.126. The Balaban J connectivity index is 2.20. The number of benzene rings is 2. The van der Waals surface area contributed by atoms with Crippen LogP contribution in [-0.4, -0.2) is 5.11 Å². The van der Waals surface area contributed by atoms with Crippen LogP contribution in [0.2, 0.25) is 0 Å². The monoisotopic (exact) mass is 251 g/mol. The van der Waals surface area contributed by atoms with Crippen molar-refractivity contribution in [1.82, 2.24) is 0 Å². The van der Waals surface area contributed by atoms with Crippen molar-refractivity contribution in [2.24, 2.45) is 0 Å². The number of aromatic hydroxyl groups is 1. The Morgan fingerprint density at radius 2 is 1.89 bits per heavy atom. The van der Waals surface area contributed by atoms with Crippen molar-refractivity contribution in [1.29, 1.82) is 5.26 Å². The van der Waals surface area contributed by atoms with E-state index in [9.17, 15) is 5.11 Å². The molecule has 2 nitrogen and oxygen atoms in total. The van der Waals surface area contributed by atoms with Crippen LogP contribution in [0.5, 0.6) is 5.75 Å². The zero-order valence-corrected chi connectivity index (χ0v) is 10.2. The average molecular weight is 251 g/mol. The van der Waals surface area contributed by atoms with Gasteiger partial charge in [0.25, 0.3) is 0 Å².